The molecule has 158 valence electrons. The Bertz CT molecular complexity index is 1220. The third-order valence-electron chi connectivity index (χ3n) is 6.16. The van der Waals surface area contributed by atoms with Crippen molar-refractivity contribution in [2.24, 2.45) is 7.05 Å². The van der Waals surface area contributed by atoms with E-state index < -0.39 is 22.8 Å². The van der Waals surface area contributed by atoms with Crippen LogP contribution < -0.4 is 10.9 Å². The van der Waals surface area contributed by atoms with Gasteiger partial charge in [0, 0.05) is 47.4 Å². The summed E-state index contributed by atoms with van der Waals surface area (Å²) >= 11 is 0. The maximum atomic E-state index is 12.3. The molecule has 5 rings (SSSR count). The minimum Gasteiger partial charge on any atom is -0.506 e. The van der Waals surface area contributed by atoms with Crippen molar-refractivity contribution in [3.8, 4) is 17.0 Å². The van der Waals surface area contributed by atoms with Crippen LogP contribution in [0.2, 0.25) is 0 Å². The SMILES string of the molecule is Cl.Cn1c(CNC2CC2)cc2cc3c(cc21)CCCc1c-3[nH]c(=O)c(C(=O)O)c1O. The van der Waals surface area contributed by atoms with E-state index in [1.54, 1.807) is 0 Å². The van der Waals surface area contributed by atoms with Gasteiger partial charge in [0.25, 0.3) is 5.56 Å². The van der Waals surface area contributed by atoms with E-state index in [-0.39, 0.29) is 12.4 Å². The number of benzene rings is 1. The molecule has 8 heteroatoms. The number of aromatic hydroxyl groups is 1. The largest absolute Gasteiger partial charge is 0.506 e. The lowest BCUT2D eigenvalue weighted by Crippen LogP contribution is -2.20. The lowest BCUT2D eigenvalue weighted by molar-refractivity contribution is 0.0691. The Morgan fingerprint density at radius 3 is 2.73 bits per heavy atom. The number of halogens is 1. The van der Waals surface area contributed by atoms with Crippen LogP contribution in [0, 0.1) is 0 Å². The van der Waals surface area contributed by atoms with Gasteiger partial charge < -0.3 is 25.1 Å². The molecule has 7 nitrogen and oxygen atoms in total. The van der Waals surface area contributed by atoms with Crippen LogP contribution in [0.5, 0.6) is 5.75 Å². The molecule has 2 aliphatic rings. The molecule has 0 amide bonds. The second-order valence-electron chi connectivity index (χ2n) is 8.11. The summed E-state index contributed by atoms with van der Waals surface area (Å²) in [7, 11) is 2.07. The second-order valence-corrected chi connectivity index (χ2v) is 8.11. The van der Waals surface area contributed by atoms with Gasteiger partial charge in [-0.15, -0.1) is 12.4 Å². The van der Waals surface area contributed by atoms with Crippen LogP contribution in [-0.2, 0) is 26.4 Å². The Labute approximate surface area is 179 Å². The van der Waals surface area contributed by atoms with Crippen LogP contribution in [0.4, 0.5) is 0 Å². The molecule has 0 aliphatic heterocycles. The van der Waals surface area contributed by atoms with Crippen LogP contribution in [-0.4, -0.2) is 31.8 Å². The normalized spacial score (nSPS) is 15.2. The number of nitrogens with zero attached hydrogens (tertiary/aromatic N) is 1. The maximum absolute atomic E-state index is 12.3. The summed E-state index contributed by atoms with van der Waals surface area (Å²) in [5.41, 5.74) is 3.97. The van der Waals surface area contributed by atoms with Crippen LogP contribution >= 0.6 is 12.4 Å². The van der Waals surface area contributed by atoms with Crippen molar-refractivity contribution < 1.29 is 15.0 Å². The Balaban J connectivity index is 0.00000218. The third-order valence-corrected chi connectivity index (χ3v) is 6.16. The van der Waals surface area contributed by atoms with Crippen molar-refractivity contribution in [1.29, 1.82) is 0 Å². The zero-order valence-electron chi connectivity index (χ0n) is 16.6. The van der Waals surface area contributed by atoms with E-state index in [1.165, 1.54) is 18.5 Å². The highest BCUT2D eigenvalue weighted by molar-refractivity contribution is 5.93. The predicted octanol–water partition coefficient (Wildman–Crippen LogP) is 3.10. The van der Waals surface area contributed by atoms with Crippen molar-refractivity contribution in [3.05, 3.63) is 50.9 Å². The Morgan fingerprint density at radius 2 is 2.03 bits per heavy atom. The molecule has 0 atom stereocenters. The summed E-state index contributed by atoms with van der Waals surface area (Å²) in [5, 5.41) is 24.4. The van der Waals surface area contributed by atoms with Gasteiger partial charge in [-0.05, 0) is 55.9 Å². The third kappa shape index (κ3) is 3.28. The van der Waals surface area contributed by atoms with Crippen LogP contribution in [0.3, 0.4) is 0 Å². The number of pyridine rings is 1. The van der Waals surface area contributed by atoms with E-state index >= 15 is 0 Å². The standard InChI is InChI=1S/C22H23N3O4.ClH/c1-25-14(10-23-13-5-6-13)7-12-8-16-11(9-17(12)25)3-2-4-15-19(16)24-21(27)18(20(15)26)22(28)29;/h7-9,13,23H,2-6,10H2,1H3,(H,28,29)(H2,24,26,27);1H. The molecule has 30 heavy (non-hydrogen) atoms. The van der Waals surface area contributed by atoms with E-state index in [2.05, 4.69) is 34.0 Å². The molecule has 2 aromatic heterocycles. The molecule has 4 N–H and O–H groups in total. The van der Waals surface area contributed by atoms with Gasteiger partial charge in [0.2, 0.25) is 0 Å². The van der Waals surface area contributed by atoms with Crippen molar-refractivity contribution in [2.45, 2.75) is 44.7 Å². The number of hydrogen-bond acceptors (Lipinski definition) is 4. The fraction of sp³-hybridized carbons (Fsp3) is 0.364. The number of carboxylic acids is 1. The highest BCUT2D eigenvalue weighted by Gasteiger charge is 2.26. The van der Waals surface area contributed by atoms with Crippen molar-refractivity contribution in [2.75, 3.05) is 0 Å². The molecular weight excluding hydrogens is 406 g/mol. The Kier molecular flexibility index (Phi) is 5.11. The molecule has 3 aromatic rings. The minimum absolute atomic E-state index is 0. The second kappa shape index (κ2) is 7.49. The van der Waals surface area contributed by atoms with E-state index in [4.69, 9.17) is 0 Å². The molecule has 2 aliphatic carbocycles. The van der Waals surface area contributed by atoms with Gasteiger partial charge >= 0.3 is 5.97 Å². The zero-order valence-corrected chi connectivity index (χ0v) is 17.4. The van der Waals surface area contributed by atoms with Gasteiger partial charge in [0.05, 0.1) is 5.69 Å². The number of aromatic nitrogens is 2. The number of aromatic carboxylic acids is 1. The summed E-state index contributed by atoms with van der Waals surface area (Å²) in [4.78, 5) is 26.5. The molecular formula is C22H24ClN3O4. The first-order valence-electron chi connectivity index (χ1n) is 10.0. The summed E-state index contributed by atoms with van der Waals surface area (Å²) < 4.78 is 2.20. The summed E-state index contributed by atoms with van der Waals surface area (Å²) in [6.45, 7) is 0.816. The molecule has 0 radical (unpaired) electrons. The van der Waals surface area contributed by atoms with Crippen LogP contribution in [0.25, 0.3) is 22.2 Å². The zero-order chi connectivity index (χ0) is 20.3. The fourth-order valence-electron chi connectivity index (χ4n) is 4.39. The molecule has 2 heterocycles. The summed E-state index contributed by atoms with van der Waals surface area (Å²) in [6.07, 6.45) is 4.56. The van der Waals surface area contributed by atoms with Gasteiger partial charge in [-0.1, -0.05) is 0 Å². The van der Waals surface area contributed by atoms with Crippen LogP contribution in [0.15, 0.2) is 23.0 Å². The molecule has 1 fully saturated rings. The number of hydrogen-bond donors (Lipinski definition) is 4. The van der Waals surface area contributed by atoms with Gasteiger partial charge in [-0.25, -0.2) is 4.79 Å². The summed E-state index contributed by atoms with van der Waals surface area (Å²) in [6, 6.07) is 6.98. The van der Waals surface area contributed by atoms with Crippen molar-refractivity contribution in [3.63, 3.8) is 0 Å². The molecule has 0 spiro atoms. The first kappa shape index (κ1) is 20.5. The fourth-order valence-corrected chi connectivity index (χ4v) is 4.39. The van der Waals surface area contributed by atoms with Crippen molar-refractivity contribution >= 4 is 29.3 Å². The first-order chi connectivity index (χ1) is 13.9. The lowest BCUT2D eigenvalue weighted by atomic mass is 9.98. The first-order valence-corrected chi connectivity index (χ1v) is 10.0. The topological polar surface area (TPSA) is 107 Å². The number of carbonyl (C=O) groups is 1. The maximum Gasteiger partial charge on any atom is 0.345 e. The quantitative estimate of drug-likeness (QED) is 0.509. The number of nitrogens with one attached hydrogen (secondary N) is 2. The van der Waals surface area contributed by atoms with E-state index in [0.29, 0.717) is 23.7 Å². The lowest BCUT2D eigenvalue weighted by Gasteiger charge is -2.13. The van der Waals surface area contributed by atoms with Gasteiger partial charge in [0.15, 0.2) is 5.56 Å². The molecule has 0 unspecified atom stereocenters. The molecule has 1 aromatic carbocycles. The van der Waals surface area contributed by atoms with E-state index in [1.807, 2.05) is 6.07 Å². The van der Waals surface area contributed by atoms with E-state index in [0.717, 1.165) is 41.4 Å². The highest BCUT2D eigenvalue weighted by Crippen LogP contribution is 2.38. The Morgan fingerprint density at radius 1 is 1.27 bits per heavy atom. The number of rotatable bonds is 4. The average Bonchev–Trinajstić information content (AvgIpc) is 3.47. The van der Waals surface area contributed by atoms with Gasteiger partial charge in [-0.2, -0.15) is 0 Å². The molecule has 1 saturated carbocycles. The smallest absolute Gasteiger partial charge is 0.345 e. The summed E-state index contributed by atoms with van der Waals surface area (Å²) in [5.74, 6) is -1.83. The number of carboxylic acid groups (broad SMARTS) is 1. The predicted molar refractivity (Wildman–Crippen MR) is 117 cm³/mol. The Hall–Kier alpha value is -2.77. The van der Waals surface area contributed by atoms with Gasteiger partial charge in [0.1, 0.15) is 5.75 Å². The average molecular weight is 430 g/mol. The van der Waals surface area contributed by atoms with Gasteiger partial charge in [-0.3, -0.25) is 4.79 Å². The highest BCUT2D eigenvalue weighted by atomic mass is 35.5. The number of H-pyrrole nitrogens is 1. The van der Waals surface area contributed by atoms with E-state index in [9.17, 15) is 19.8 Å². The molecule has 0 saturated heterocycles. The molecule has 0 bridgehead atoms. The minimum atomic E-state index is -1.41. The number of aryl methyl sites for hydroxylation is 2. The monoisotopic (exact) mass is 429 g/mol. The number of aromatic amines is 1. The van der Waals surface area contributed by atoms with Crippen LogP contribution in [0.1, 0.15) is 46.4 Å². The number of fused-ring (bicyclic) bond motifs is 4. The van der Waals surface area contributed by atoms with Crippen molar-refractivity contribution in [1.82, 2.24) is 14.9 Å².